The second-order valence-corrected chi connectivity index (χ2v) is 6.84. The molecule has 1 aliphatic heterocycles. The molecule has 7 heteroatoms. The van der Waals surface area contributed by atoms with Crippen molar-refractivity contribution in [2.24, 2.45) is 7.05 Å². The quantitative estimate of drug-likeness (QED) is 0.691. The summed E-state index contributed by atoms with van der Waals surface area (Å²) >= 11 is 0. The number of nitrogens with zero attached hydrogens (tertiary/aromatic N) is 5. The molecule has 1 aromatic carbocycles. The molecule has 1 fully saturated rings. The number of hydrogen-bond donors (Lipinski definition) is 0. The summed E-state index contributed by atoms with van der Waals surface area (Å²) in [5.74, 6) is 0.347. The molecule has 3 aromatic rings. The number of ether oxygens (including phenoxy) is 1. The van der Waals surface area contributed by atoms with E-state index in [0.29, 0.717) is 5.88 Å². The number of likely N-dealkylation sites (tertiary alicyclic amines) is 1. The Morgan fingerprint density at radius 3 is 2.93 bits per heavy atom. The summed E-state index contributed by atoms with van der Waals surface area (Å²) < 4.78 is 21.3. The number of aromatic nitrogens is 4. The number of para-hydroxylation sites is 1. The van der Waals surface area contributed by atoms with Crippen LogP contribution in [-0.2, 0) is 13.6 Å². The van der Waals surface area contributed by atoms with Crippen molar-refractivity contribution in [3.63, 3.8) is 0 Å². The molecule has 0 N–H and O–H groups in total. The zero-order valence-corrected chi connectivity index (χ0v) is 15.3. The van der Waals surface area contributed by atoms with Gasteiger partial charge in [0.1, 0.15) is 0 Å². The van der Waals surface area contributed by atoms with Gasteiger partial charge < -0.3 is 4.74 Å². The van der Waals surface area contributed by atoms with E-state index in [0.717, 1.165) is 38.2 Å². The Morgan fingerprint density at radius 2 is 2.11 bits per heavy atom. The van der Waals surface area contributed by atoms with Crippen LogP contribution in [0.2, 0.25) is 0 Å². The third-order valence-corrected chi connectivity index (χ3v) is 4.91. The molecule has 140 valence electrons. The molecule has 27 heavy (non-hydrogen) atoms. The third kappa shape index (κ3) is 4.14. The molecule has 4 rings (SSSR count). The van der Waals surface area contributed by atoms with Gasteiger partial charge in [-0.3, -0.25) is 14.6 Å². The first-order chi connectivity index (χ1) is 13.2. The van der Waals surface area contributed by atoms with Crippen molar-refractivity contribution in [3.8, 4) is 11.6 Å². The number of aryl methyl sites for hydroxylation is 1. The fraction of sp³-hybridized carbons (Fsp3) is 0.350. The molecule has 1 saturated heterocycles. The zero-order chi connectivity index (χ0) is 18.6. The van der Waals surface area contributed by atoms with Gasteiger partial charge in [0.05, 0.1) is 17.6 Å². The van der Waals surface area contributed by atoms with Crippen LogP contribution in [-0.4, -0.2) is 37.7 Å². The van der Waals surface area contributed by atoms with Gasteiger partial charge >= 0.3 is 0 Å². The number of halogens is 1. The highest BCUT2D eigenvalue weighted by Gasteiger charge is 2.24. The molecule has 0 radical (unpaired) electrons. The van der Waals surface area contributed by atoms with E-state index in [1.54, 1.807) is 24.4 Å². The molecule has 0 aliphatic carbocycles. The Bertz CT molecular complexity index is 913. The highest BCUT2D eigenvalue weighted by molar-refractivity contribution is 5.28. The van der Waals surface area contributed by atoms with E-state index < -0.39 is 5.82 Å². The zero-order valence-electron chi connectivity index (χ0n) is 15.3. The van der Waals surface area contributed by atoms with E-state index in [1.165, 1.54) is 18.0 Å². The lowest BCUT2D eigenvalue weighted by Crippen LogP contribution is -2.34. The van der Waals surface area contributed by atoms with Gasteiger partial charge in [0.25, 0.3) is 0 Å². The first-order valence-corrected chi connectivity index (χ1v) is 9.12. The highest BCUT2D eigenvalue weighted by Crippen LogP contribution is 2.28. The normalized spacial score (nSPS) is 17.8. The first-order valence-electron chi connectivity index (χ1n) is 9.12. The van der Waals surface area contributed by atoms with Gasteiger partial charge in [0.2, 0.25) is 5.88 Å². The van der Waals surface area contributed by atoms with Crippen molar-refractivity contribution in [3.05, 3.63) is 66.1 Å². The van der Waals surface area contributed by atoms with Crippen molar-refractivity contribution in [1.82, 2.24) is 24.6 Å². The summed E-state index contributed by atoms with van der Waals surface area (Å²) in [6, 6.07) is 8.35. The maximum atomic E-state index is 13.8. The molecule has 0 unspecified atom stereocenters. The van der Waals surface area contributed by atoms with Crippen LogP contribution in [0.4, 0.5) is 4.39 Å². The summed E-state index contributed by atoms with van der Waals surface area (Å²) in [5, 5.41) is 4.24. The van der Waals surface area contributed by atoms with Gasteiger partial charge in [-0.2, -0.15) is 5.10 Å². The Morgan fingerprint density at radius 1 is 1.22 bits per heavy atom. The van der Waals surface area contributed by atoms with Crippen molar-refractivity contribution >= 4 is 0 Å². The molecular formula is C20H22FN5O. The SMILES string of the molecule is Cn1nccc1CN1CCC[C@H](c2cncc(Oc3ccccc3F)n2)C1. The van der Waals surface area contributed by atoms with Crippen LogP contribution >= 0.6 is 0 Å². The van der Waals surface area contributed by atoms with Crippen molar-refractivity contribution in [2.45, 2.75) is 25.3 Å². The monoisotopic (exact) mass is 367 g/mol. The predicted molar refractivity (Wildman–Crippen MR) is 99.0 cm³/mol. The Labute approximate surface area is 157 Å². The largest absolute Gasteiger partial charge is 0.434 e. The molecule has 0 amide bonds. The fourth-order valence-electron chi connectivity index (χ4n) is 3.47. The maximum absolute atomic E-state index is 13.8. The minimum absolute atomic E-state index is 0.158. The number of piperidine rings is 1. The average Bonchev–Trinajstić information content (AvgIpc) is 3.09. The van der Waals surface area contributed by atoms with Gasteiger partial charge in [-0.25, -0.2) is 9.37 Å². The van der Waals surface area contributed by atoms with Crippen LogP contribution in [0, 0.1) is 5.82 Å². The van der Waals surface area contributed by atoms with Gasteiger partial charge in [-0.05, 0) is 37.6 Å². The summed E-state index contributed by atoms with van der Waals surface area (Å²) in [6.45, 7) is 2.83. The lowest BCUT2D eigenvalue weighted by molar-refractivity contribution is 0.193. The summed E-state index contributed by atoms with van der Waals surface area (Å²) in [4.78, 5) is 11.3. The molecule has 2 aromatic heterocycles. The lowest BCUT2D eigenvalue weighted by atomic mass is 9.95. The number of rotatable bonds is 5. The van der Waals surface area contributed by atoms with Crippen LogP contribution in [0.15, 0.2) is 48.9 Å². The molecule has 1 aliphatic rings. The van der Waals surface area contributed by atoms with Crippen LogP contribution in [0.5, 0.6) is 11.6 Å². The summed E-state index contributed by atoms with van der Waals surface area (Å²) in [7, 11) is 1.96. The average molecular weight is 367 g/mol. The highest BCUT2D eigenvalue weighted by atomic mass is 19.1. The van der Waals surface area contributed by atoms with Gasteiger partial charge in [0, 0.05) is 38.4 Å². The van der Waals surface area contributed by atoms with Crippen LogP contribution in [0.3, 0.4) is 0 Å². The third-order valence-electron chi connectivity index (χ3n) is 4.91. The van der Waals surface area contributed by atoms with Gasteiger partial charge in [-0.15, -0.1) is 0 Å². The topological polar surface area (TPSA) is 56.1 Å². The minimum Gasteiger partial charge on any atom is -0.434 e. The Kier molecular flexibility index (Phi) is 5.11. The second kappa shape index (κ2) is 7.84. The number of hydrogen-bond acceptors (Lipinski definition) is 5. The first kappa shape index (κ1) is 17.6. The smallest absolute Gasteiger partial charge is 0.238 e. The van der Waals surface area contributed by atoms with Crippen LogP contribution in [0.25, 0.3) is 0 Å². The van der Waals surface area contributed by atoms with E-state index in [-0.39, 0.29) is 11.7 Å². The van der Waals surface area contributed by atoms with E-state index in [1.807, 2.05) is 24.0 Å². The van der Waals surface area contributed by atoms with Crippen LogP contribution in [0.1, 0.15) is 30.1 Å². The molecular weight excluding hydrogens is 345 g/mol. The molecule has 1 atom stereocenters. The molecule has 3 heterocycles. The van der Waals surface area contributed by atoms with Crippen molar-refractivity contribution < 1.29 is 9.13 Å². The summed E-state index contributed by atoms with van der Waals surface area (Å²) in [5.41, 5.74) is 2.08. The van der Waals surface area contributed by atoms with E-state index in [2.05, 4.69) is 20.0 Å². The lowest BCUT2D eigenvalue weighted by Gasteiger charge is -2.32. The Balaban J connectivity index is 1.46. The predicted octanol–water partition coefficient (Wildman–Crippen LogP) is 3.52. The van der Waals surface area contributed by atoms with Gasteiger partial charge in [0.15, 0.2) is 11.6 Å². The van der Waals surface area contributed by atoms with E-state index in [4.69, 9.17) is 4.74 Å². The molecule has 0 bridgehead atoms. The Hall–Kier alpha value is -2.80. The standard InChI is InChI=1S/C20H22FN5O/c1-25-16(8-9-23-25)14-26-10-4-5-15(13-26)18-11-22-12-20(24-18)27-19-7-3-2-6-17(19)21/h2-3,6-9,11-12,15H,4-5,10,13-14H2,1H3/t15-/m0/s1. The number of benzene rings is 1. The fourth-order valence-corrected chi connectivity index (χ4v) is 3.47. The van der Waals surface area contributed by atoms with Crippen molar-refractivity contribution in [1.29, 1.82) is 0 Å². The summed E-state index contributed by atoms with van der Waals surface area (Å²) in [6.07, 6.45) is 7.28. The molecule has 6 nitrogen and oxygen atoms in total. The maximum Gasteiger partial charge on any atom is 0.238 e. The molecule has 0 spiro atoms. The minimum atomic E-state index is -0.412. The van der Waals surface area contributed by atoms with Crippen LogP contribution < -0.4 is 4.74 Å². The van der Waals surface area contributed by atoms with Crippen molar-refractivity contribution in [2.75, 3.05) is 13.1 Å². The van der Waals surface area contributed by atoms with E-state index in [9.17, 15) is 4.39 Å². The molecule has 0 saturated carbocycles. The second-order valence-electron chi connectivity index (χ2n) is 6.84. The van der Waals surface area contributed by atoms with E-state index >= 15 is 0 Å². The van der Waals surface area contributed by atoms with Gasteiger partial charge in [-0.1, -0.05) is 12.1 Å².